The second-order valence-electron chi connectivity index (χ2n) is 5.04. The van der Waals surface area contributed by atoms with Crippen LogP contribution in [0.15, 0.2) is 42.6 Å². The van der Waals surface area contributed by atoms with Crippen molar-refractivity contribution in [1.29, 1.82) is 0 Å². The number of pyridine rings is 1. The Morgan fingerprint density at radius 1 is 1.29 bits per heavy atom. The number of rotatable bonds is 4. The fraction of sp³-hybridized carbons (Fsp3) is 0.250. The van der Waals surface area contributed by atoms with Crippen LogP contribution in [-0.2, 0) is 16.1 Å². The van der Waals surface area contributed by atoms with Crippen molar-refractivity contribution in [3.8, 4) is 0 Å². The third-order valence-electron chi connectivity index (χ3n) is 3.54. The zero-order valence-electron chi connectivity index (χ0n) is 11.1. The molecule has 2 atom stereocenters. The van der Waals surface area contributed by atoms with E-state index in [-0.39, 0.29) is 18.1 Å². The number of carbonyl (C=O) groups is 1. The smallest absolute Gasteiger partial charge is 0.309 e. The Kier molecular flexibility index (Phi) is 3.64. The topological polar surface area (TPSA) is 39.2 Å². The second-order valence-corrected chi connectivity index (χ2v) is 5.04. The van der Waals surface area contributed by atoms with Crippen LogP contribution >= 0.6 is 0 Å². The van der Waals surface area contributed by atoms with Gasteiger partial charge < -0.3 is 4.74 Å². The molecular weight excluding hydrogens is 276 g/mol. The normalized spacial score (nSPS) is 20.1. The highest BCUT2D eigenvalue weighted by atomic mass is 19.1. The lowest BCUT2D eigenvalue weighted by Crippen LogP contribution is -2.09. The minimum absolute atomic E-state index is 0.0918. The van der Waals surface area contributed by atoms with Gasteiger partial charge in [0.2, 0.25) is 0 Å². The van der Waals surface area contributed by atoms with Crippen molar-refractivity contribution in [2.75, 3.05) is 0 Å². The Morgan fingerprint density at radius 3 is 2.90 bits per heavy atom. The molecular formula is C16H13F2NO2. The van der Waals surface area contributed by atoms with Gasteiger partial charge in [0.15, 0.2) is 0 Å². The van der Waals surface area contributed by atoms with Crippen molar-refractivity contribution >= 4 is 5.97 Å². The van der Waals surface area contributed by atoms with Crippen LogP contribution in [0.1, 0.15) is 23.6 Å². The highest BCUT2D eigenvalue weighted by molar-refractivity contribution is 5.77. The minimum Gasteiger partial charge on any atom is -0.459 e. The van der Waals surface area contributed by atoms with E-state index in [1.165, 1.54) is 0 Å². The average molecular weight is 289 g/mol. The molecule has 0 aliphatic heterocycles. The molecule has 3 nitrogen and oxygen atoms in total. The monoisotopic (exact) mass is 289 g/mol. The Hall–Kier alpha value is -2.30. The number of hydrogen-bond donors (Lipinski definition) is 0. The summed E-state index contributed by atoms with van der Waals surface area (Å²) in [5.74, 6) is -2.07. The minimum atomic E-state index is -0.501. The summed E-state index contributed by atoms with van der Waals surface area (Å²) in [7, 11) is 0. The van der Waals surface area contributed by atoms with E-state index >= 15 is 0 Å². The van der Waals surface area contributed by atoms with E-state index in [1.807, 2.05) is 0 Å². The molecule has 108 valence electrons. The summed E-state index contributed by atoms with van der Waals surface area (Å²) >= 11 is 0. The molecule has 1 aliphatic rings. The van der Waals surface area contributed by atoms with Gasteiger partial charge in [0.25, 0.3) is 0 Å². The van der Waals surface area contributed by atoms with Crippen LogP contribution in [0.3, 0.4) is 0 Å². The molecule has 2 aromatic rings. The van der Waals surface area contributed by atoms with Crippen LogP contribution in [0.4, 0.5) is 8.78 Å². The zero-order valence-corrected chi connectivity index (χ0v) is 11.1. The standard InChI is InChI=1S/C16H13F2NO2/c17-10-4-5-15(18)13(7-10)12-8-14(12)16(20)21-9-11-3-1-2-6-19-11/h1-7,12,14H,8-9H2/t12-,14-/m1/s1. The maximum absolute atomic E-state index is 13.6. The van der Waals surface area contributed by atoms with E-state index in [2.05, 4.69) is 4.98 Å². The lowest BCUT2D eigenvalue weighted by molar-refractivity contribution is -0.146. The van der Waals surface area contributed by atoms with E-state index in [1.54, 1.807) is 24.4 Å². The van der Waals surface area contributed by atoms with Gasteiger partial charge >= 0.3 is 5.97 Å². The summed E-state index contributed by atoms with van der Waals surface area (Å²) in [5, 5.41) is 0. The van der Waals surface area contributed by atoms with Crippen molar-refractivity contribution in [3.63, 3.8) is 0 Å². The van der Waals surface area contributed by atoms with Gasteiger partial charge in [0, 0.05) is 12.1 Å². The number of carbonyl (C=O) groups excluding carboxylic acids is 1. The molecule has 5 heteroatoms. The molecule has 0 bridgehead atoms. The molecule has 0 spiro atoms. The van der Waals surface area contributed by atoms with Gasteiger partial charge in [-0.1, -0.05) is 6.07 Å². The Bertz CT molecular complexity index is 661. The summed E-state index contributed by atoms with van der Waals surface area (Å²) in [4.78, 5) is 15.9. The van der Waals surface area contributed by atoms with Crippen LogP contribution in [0.25, 0.3) is 0 Å². The van der Waals surface area contributed by atoms with E-state index < -0.39 is 23.5 Å². The largest absolute Gasteiger partial charge is 0.459 e. The predicted octanol–water partition coefficient (Wildman–Crippen LogP) is 3.21. The summed E-state index contributed by atoms with van der Waals surface area (Å²) in [6.07, 6.45) is 2.10. The van der Waals surface area contributed by atoms with Crippen LogP contribution < -0.4 is 0 Å². The highest BCUT2D eigenvalue weighted by Gasteiger charge is 2.46. The number of hydrogen-bond acceptors (Lipinski definition) is 3. The van der Waals surface area contributed by atoms with Crippen molar-refractivity contribution < 1.29 is 18.3 Å². The number of halogens is 2. The predicted molar refractivity (Wildman–Crippen MR) is 71.2 cm³/mol. The number of aromatic nitrogens is 1. The van der Waals surface area contributed by atoms with Crippen LogP contribution in [-0.4, -0.2) is 11.0 Å². The molecule has 1 heterocycles. The molecule has 0 amide bonds. The second kappa shape index (κ2) is 5.60. The maximum atomic E-state index is 13.6. The van der Waals surface area contributed by atoms with Gasteiger partial charge in [-0.3, -0.25) is 9.78 Å². The van der Waals surface area contributed by atoms with Gasteiger partial charge in [0.1, 0.15) is 18.2 Å². The summed E-state index contributed by atoms with van der Waals surface area (Å²) in [6, 6.07) is 8.62. The van der Waals surface area contributed by atoms with E-state index in [9.17, 15) is 13.6 Å². The van der Waals surface area contributed by atoms with E-state index in [0.717, 1.165) is 18.2 Å². The Balaban J connectivity index is 1.60. The molecule has 1 aromatic heterocycles. The van der Waals surface area contributed by atoms with Crippen molar-refractivity contribution in [2.45, 2.75) is 18.9 Å². The molecule has 0 saturated heterocycles. The third-order valence-corrected chi connectivity index (χ3v) is 3.54. The Labute approximate surface area is 120 Å². The zero-order chi connectivity index (χ0) is 14.8. The van der Waals surface area contributed by atoms with Gasteiger partial charge in [0.05, 0.1) is 11.6 Å². The van der Waals surface area contributed by atoms with Crippen LogP contribution in [0, 0.1) is 17.6 Å². The summed E-state index contributed by atoms with van der Waals surface area (Å²) < 4.78 is 31.9. The maximum Gasteiger partial charge on any atom is 0.309 e. The first kappa shape index (κ1) is 13.7. The SMILES string of the molecule is O=C(OCc1ccccn1)[C@@H]1C[C@@H]1c1cc(F)ccc1F. The van der Waals surface area contributed by atoms with Crippen molar-refractivity contribution in [3.05, 3.63) is 65.5 Å². The Morgan fingerprint density at radius 2 is 2.14 bits per heavy atom. The number of nitrogens with zero attached hydrogens (tertiary/aromatic N) is 1. The number of ether oxygens (including phenoxy) is 1. The molecule has 1 saturated carbocycles. The van der Waals surface area contributed by atoms with Crippen molar-refractivity contribution in [1.82, 2.24) is 4.98 Å². The number of benzene rings is 1. The van der Waals surface area contributed by atoms with Crippen LogP contribution in [0.5, 0.6) is 0 Å². The van der Waals surface area contributed by atoms with Gasteiger partial charge in [-0.2, -0.15) is 0 Å². The fourth-order valence-electron chi connectivity index (χ4n) is 2.33. The first-order valence-electron chi connectivity index (χ1n) is 6.66. The first-order chi connectivity index (χ1) is 10.1. The molecule has 3 rings (SSSR count). The average Bonchev–Trinajstić information content (AvgIpc) is 3.29. The summed E-state index contributed by atoms with van der Waals surface area (Å²) in [5.41, 5.74) is 0.898. The van der Waals surface area contributed by atoms with Crippen molar-refractivity contribution in [2.24, 2.45) is 5.92 Å². The molecule has 1 fully saturated rings. The highest BCUT2D eigenvalue weighted by Crippen LogP contribution is 2.49. The molecule has 0 N–H and O–H groups in total. The quantitative estimate of drug-likeness (QED) is 0.811. The summed E-state index contributed by atoms with van der Waals surface area (Å²) in [6.45, 7) is 0.0918. The fourth-order valence-corrected chi connectivity index (χ4v) is 2.33. The molecule has 0 radical (unpaired) electrons. The lowest BCUT2D eigenvalue weighted by Gasteiger charge is -2.05. The van der Waals surface area contributed by atoms with E-state index in [4.69, 9.17) is 4.74 Å². The first-order valence-corrected chi connectivity index (χ1v) is 6.66. The van der Waals surface area contributed by atoms with Gasteiger partial charge in [-0.05, 0) is 42.3 Å². The van der Waals surface area contributed by atoms with Gasteiger partial charge in [-0.15, -0.1) is 0 Å². The van der Waals surface area contributed by atoms with Crippen LogP contribution in [0.2, 0.25) is 0 Å². The van der Waals surface area contributed by atoms with E-state index in [0.29, 0.717) is 12.1 Å². The molecule has 21 heavy (non-hydrogen) atoms. The molecule has 1 aromatic carbocycles. The molecule has 0 unspecified atom stereocenters. The van der Waals surface area contributed by atoms with Gasteiger partial charge in [-0.25, -0.2) is 8.78 Å². The number of esters is 1. The lowest BCUT2D eigenvalue weighted by atomic mass is 10.1. The third kappa shape index (κ3) is 3.07. The molecule has 1 aliphatic carbocycles.